The highest BCUT2D eigenvalue weighted by molar-refractivity contribution is 9.10. The summed E-state index contributed by atoms with van der Waals surface area (Å²) in [6.07, 6.45) is 2.40. The zero-order valence-electron chi connectivity index (χ0n) is 9.54. The number of ether oxygens (including phenoxy) is 1. The molecule has 1 N–H and O–H groups in total. The Balaban J connectivity index is 1.69. The summed E-state index contributed by atoms with van der Waals surface area (Å²) in [6, 6.07) is 4.20. The number of hydrogen-bond acceptors (Lipinski definition) is 3. The van der Waals surface area contributed by atoms with Gasteiger partial charge in [0, 0.05) is 13.2 Å². The number of hydrogen-bond donors (Lipinski definition) is 1. The van der Waals surface area contributed by atoms with E-state index in [1.165, 1.54) is 12.8 Å². The second-order valence-corrected chi connectivity index (χ2v) is 5.12. The molecule has 16 heavy (non-hydrogen) atoms. The molecule has 1 aliphatic heterocycles. The van der Waals surface area contributed by atoms with Crippen LogP contribution in [0.25, 0.3) is 0 Å². The highest BCUT2D eigenvalue weighted by atomic mass is 79.9. The van der Waals surface area contributed by atoms with Crippen molar-refractivity contribution in [3.8, 4) is 0 Å². The maximum Gasteiger partial charge on any atom is 0.169 e. The van der Waals surface area contributed by atoms with Crippen LogP contribution in [-0.4, -0.2) is 19.8 Å². The summed E-state index contributed by atoms with van der Waals surface area (Å²) in [4.78, 5) is 0. The van der Waals surface area contributed by atoms with Gasteiger partial charge in [-0.05, 0) is 60.3 Å². The first-order chi connectivity index (χ1) is 7.75. The van der Waals surface area contributed by atoms with E-state index in [9.17, 15) is 0 Å². The molecule has 0 amide bonds. The van der Waals surface area contributed by atoms with Gasteiger partial charge in [0.05, 0.1) is 6.04 Å². The SMILES string of the molecule is CC(NCCC1CCOC1)c1ccc(Br)o1. The lowest BCUT2D eigenvalue weighted by Crippen LogP contribution is -2.21. The molecular formula is C12H18BrNO2. The summed E-state index contributed by atoms with van der Waals surface area (Å²) >= 11 is 3.31. The van der Waals surface area contributed by atoms with Crippen LogP contribution in [0.15, 0.2) is 21.2 Å². The fourth-order valence-corrected chi connectivity index (χ4v) is 2.30. The predicted octanol–water partition coefficient (Wildman–Crippen LogP) is 3.12. The molecule has 1 aromatic rings. The summed E-state index contributed by atoms with van der Waals surface area (Å²) in [5.74, 6) is 1.72. The highest BCUT2D eigenvalue weighted by Crippen LogP contribution is 2.20. The number of rotatable bonds is 5. The summed E-state index contributed by atoms with van der Waals surface area (Å²) in [7, 11) is 0. The van der Waals surface area contributed by atoms with Gasteiger partial charge in [-0.2, -0.15) is 0 Å². The van der Waals surface area contributed by atoms with Gasteiger partial charge < -0.3 is 14.5 Å². The van der Waals surface area contributed by atoms with Crippen LogP contribution in [0.2, 0.25) is 0 Å². The summed E-state index contributed by atoms with van der Waals surface area (Å²) < 4.78 is 11.6. The minimum atomic E-state index is 0.272. The van der Waals surface area contributed by atoms with Gasteiger partial charge in [0.25, 0.3) is 0 Å². The molecule has 2 rings (SSSR count). The zero-order valence-corrected chi connectivity index (χ0v) is 11.1. The van der Waals surface area contributed by atoms with E-state index in [-0.39, 0.29) is 6.04 Å². The smallest absolute Gasteiger partial charge is 0.169 e. The van der Waals surface area contributed by atoms with Crippen molar-refractivity contribution in [2.75, 3.05) is 19.8 Å². The molecule has 0 radical (unpaired) electrons. The van der Waals surface area contributed by atoms with E-state index in [0.717, 1.165) is 36.1 Å². The molecule has 0 bridgehead atoms. The van der Waals surface area contributed by atoms with Crippen LogP contribution >= 0.6 is 15.9 Å². The first kappa shape index (κ1) is 12.1. The van der Waals surface area contributed by atoms with E-state index < -0.39 is 0 Å². The Morgan fingerprint density at radius 1 is 1.56 bits per heavy atom. The van der Waals surface area contributed by atoms with Crippen molar-refractivity contribution in [1.29, 1.82) is 0 Å². The van der Waals surface area contributed by atoms with Gasteiger partial charge in [0.2, 0.25) is 0 Å². The van der Waals surface area contributed by atoms with Crippen molar-refractivity contribution < 1.29 is 9.15 Å². The molecule has 2 unspecified atom stereocenters. The molecule has 0 aliphatic carbocycles. The van der Waals surface area contributed by atoms with Crippen LogP contribution in [0.1, 0.15) is 31.6 Å². The Bertz CT molecular complexity index is 321. The van der Waals surface area contributed by atoms with E-state index >= 15 is 0 Å². The van der Waals surface area contributed by atoms with Gasteiger partial charge in [-0.1, -0.05) is 0 Å². The number of halogens is 1. The van der Waals surface area contributed by atoms with Crippen molar-refractivity contribution >= 4 is 15.9 Å². The van der Waals surface area contributed by atoms with Crippen molar-refractivity contribution in [3.63, 3.8) is 0 Å². The van der Waals surface area contributed by atoms with Gasteiger partial charge in [0.15, 0.2) is 4.67 Å². The number of nitrogens with one attached hydrogen (secondary N) is 1. The van der Waals surface area contributed by atoms with E-state index in [4.69, 9.17) is 9.15 Å². The molecule has 0 aromatic carbocycles. The zero-order chi connectivity index (χ0) is 11.4. The molecule has 1 aromatic heterocycles. The second kappa shape index (κ2) is 5.84. The predicted molar refractivity (Wildman–Crippen MR) is 66.4 cm³/mol. The first-order valence-electron chi connectivity index (χ1n) is 5.82. The van der Waals surface area contributed by atoms with Crippen LogP contribution < -0.4 is 5.32 Å². The Hall–Kier alpha value is -0.320. The minimum Gasteiger partial charge on any atom is -0.453 e. The lowest BCUT2D eigenvalue weighted by Gasteiger charge is -2.13. The second-order valence-electron chi connectivity index (χ2n) is 4.34. The molecule has 1 aliphatic rings. The maximum absolute atomic E-state index is 5.50. The Labute approximate surface area is 105 Å². The highest BCUT2D eigenvalue weighted by Gasteiger charge is 2.16. The first-order valence-corrected chi connectivity index (χ1v) is 6.61. The Morgan fingerprint density at radius 3 is 3.06 bits per heavy atom. The van der Waals surface area contributed by atoms with E-state index in [1.807, 2.05) is 12.1 Å². The van der Waals surface area contributed by atoms with Gasteiger partial charge in [-0.15, -0.1) is 0 Å². The normalized spacial score (nSPS) is 22.5. The molecule has 4 heteroatoms. The van der Waals surface area contributed by atoms with Crippen molar-refractivity contribution in [2.45, 2.75) is 25.8 Å². The van der Waals surface area contributed by atoms with Crippen LogP contribution in [0.3, 0.4) is 0 Å². The molecule has 3 nitrogen and oxygen atoms in total. The third kappa shape index (κ3) is 3.34. The lowest BCUT2D eigenvalue weighted by molar-refractivity contribution is 0.184. The summed E-state index contributed by atoms with van der Waals surface area (Å²) in [5, 5.41) is 3.47. The van der Waals surface area contributed by atoms with Crippen molar-refractivity contribution in [1.82, 2.24) is 5.32 Å². The van der Waals surface area contributed by atoms with E-state index in [1.54, 1.807) is 0 Å². The van der Waals surface area contributed by atoms with Gasteiger partial charge >= 0.3 is 0 Å². The summed E-state index contributed by atoms with van der Waals surface area (Å²) in [6.45, 7) is 5.01. The third-order valence-electron chi connectivity index (χ3n) is 3.05. The molecule has 90 valence electrons. The molecule has 0 saturated carbocycles. The average Bonchev–Trinajstić information content (AvgIpc) is 2.89. The van der Waals surface area contributed by atoms with Gasteiger partial charge in [-0.3, -0.25) is 0 Å². The quantitative estimate of drug-likeness (QED) is 0.904. The van der Waals surface area contributed by atoms with Crippen molar-refractivity contribution in [2.24, 2.45) is 5.92 Å². The lowest BCUT2D eigenvalue weighted by atomic mass is 10.1. The molecule has 1 saturated heterocycles. The molecule has 0 spiro atoms. The topological polar surface area (TPSA) is 34.4 Å². The fourth-order valence-electron chi connectivity index (χ4n) is 1.98. The van der Waals surface area contributed by atoms with Gasteiger partial charge in [0.1, 0.15) is 5.76 Å². The monoisotopic (exact) mass is 287 g/mol. The molecular weight excluding hydrogens is 270 g/mol. The molecule has 1 fully saturated rings. The van der Waals surface area contributed by atoms with Crippen LogP contribution in [-0.2, 0) is 4.74 Å². The molecule has 2 heterocycles. The fraction of sp³-hybridized carbons (Fsp3) is 0.667. The van der Waals surface area contributed by atoms with Crippen LogP contribution in [0.4, 0.5) is 0 Å². The van der Waals surface area contributed by atoms with Crippen LogP contribution in [0, 0.1) is 5.92 Å². The minimum absolute atomic E-state index is 0.272. The third-order valence-corrected chi connectivity index (χ3v) is 3.47. The largest absolute Gasteiger partial charge is 0.453 e. The number of furan rings is 1. The standard InChI is InChI=1S/C12H18BrNO2/c1-9(11-2-3-12(13)16-11)14-6-4-10-5-7-15-8-10/h2-3,9-10,14H,4-8H2,1H3. The van der Waals surface area contributed by atoms with E-state index in [2.05, 4.69) is 28.2 Å². The molecule has 2 atom stereocenters. The Morgan fingerprint density at radius 2 is 2.44 bits per heavy atom. The average molecular weight is 288 g/mol. The maximum atomic E-state index is 5.50. The summed E-state index contributed by atoms with van der Waals surface area (Å²) in [5.41, 5.74) is 0. The Kier molecular flexibility index (Phi) is 4.44. The van der Waals surface area contributed by atoms with Crippen LogP contribution in [0.5, 0.6) is 0 Å². The van der Waals surface area contributed by atoms with Gasteiger partial charge in [-0.25, -0.2) is 0 Å². The van der Waals surface area contributed by atoms with Crippen molar-refractivity contribution in [3.05, 3.63) is 22.6 Å². The van der Waals surface area contributed by atoms with E-state index in [0.29, 0.717) is 0 Å².